The minimum Gasteiger partial charge on any atom is -0.481 e. The molecule has 18 heavy (non-hydrogen) atoms. The van der Waals surface area contributed by atoms with Crippen molar-refractivity contribution >= 4 is 0 Å². The minimum atomic E-state index is 0.695. The topological polar surface area (TPSA) is 37.4 Å². The van der Waals surface area contributed by atoms with E-state index in [0.29, 0.717) is 5.88 Å². The smallest absolute Gasteiger partial charge is 0.213 e. The molecule has 100 valence electrons. The predicted octanol–water partition coefficient (Wildman–Crippen LogP) is 1.52. The number of methoxy groups -OCH3 is 1. The van der Waals surface area contributed by atoms with Gasteiger partial charge in [0.1, 0.15) is 0 Å². The van der Waals surface area contributed by atoms with Crippen molar-refractivity contribution in [2.75, 3.05) is 33.8 Å². The van der Waals surface area contributed by atoms with Gasteiger partial charge in [-0.3, -0.25) is 0 Å². The summed E-state index contributed by atoms with van der Waals surface area (Å²) in [5, 5.41) is 3.46. The number of nitrogens with one attached hydrogen (secondary N) is 1. The molecular weight excluding hydrogens is 226 g/mol. The molecule has 4 nitrogen and oxygen atoms in total. The Morgan fingerprint density at radius 1 is 1.50 bits per heavy atom. The standard InChI is InChI=1S/C14H23N3O/c1-17(10-12-5-4-8-15-9-12)11-13-6-3-7-14(16-13)18-2/h3,6-7,12,15H,4-5,8-11H2,1-2H3. The van der Waals surface area contributed by atoms with Crippen LogP contribution in [-0.4, -0.2) is 43.7 Å². The zero-order valence-electron chi connectivity index (χ0n) is 11.4. The van der Waals surface area contributed by atoms with Gasteiger partial charge in [0.25, 0.3) is 0 Å². The van der Waals surface area contributed by atoms with Crippen LogP contribution in [0.25, 0.3) is 0 Å². The molecule has 0 saturated carbocycles. The second-order valence-corrected chi connectivity index (χ2v) is 5.08. The minimum absolute atomic E-state index is 0.695. The fourth-order valence-electron chi connectivity index (χ4n) is 2.52. The molecule has 0 amide bonds. The third-order valence-corrected chi connectivity index (χ3v) is 3.39. The Morgan fingerprint density at radius 3 is 3.11 bits per heavy atom. The van der Waals surface area contributed by atoms with E-state index in [1.54, 1.807) is 7.11 Å². The maximum absolute atomic E-state index is 5.15. The van der Waals surface area contributed by atoms with Crippen LogP contribution in [0.3, 0.4) is 0 Å². The van der Waals surface area contributed by atoms with Gasteiger partial charge in [0.15, 0.2) is 0 Å². The maximum Gasteiger partial charge on any atom is 0.213 e. The molecule has 1 fully saturated rings. The molecule has 0 aliphatic carbocycles. The van der Waals surface area contributed by atoms with Crippen LogP contribution in [0.2, 0.25) is 0 Å². The lowest BCUT2D eigenvalue weighted by Gasteiger charge is -2.27. The molecule has 1 atom stereocenters. The highest BCUT2D eigenvalue weighted by Gasteiger charge is 2.15. The quantitative estimate of drug-likeness (QED) is 0.858. The summed E-state index contributed by atoms with van der Waals surface area (Å²) in [5.41, 5.74) is 1.07. The van der Waals surface area contributed by atoms with E-state index in [2.05, 4.69) is 28.3 Å². The molecular formula is C14H23N3O. The van der Waals surface area contributed by atoms with E-state index in [4.69, 9.17) is 4.74 Å². The highest BCUT2D eigenvalue weighted by atomic mass is 16.5. The summed E-state index contributed by atoms with van der Waals surface area (Å²) in [4.78, 5) is 6.79. The SMILES string of the molecule is COc1cccc(CN(C)CC2CCCNC2)n1. The van der Waals surface area contributed by atoms with Gasteiger partial charge in [-0.05, 0) is 45.0 Å². The number of ether oxygens (including phenoxy) is 1. The van der Waals surface area contributed by atoms with Crippen LogP contribution in [0.1, 0.15) is 18.5 Å². The zero-order chi connectivity index (χ0) is 12.8. The fraction of sp³-hybridized carbons (Fsp3) is 0.643. The molecule has 1 unspecified atom stereocenters. The van der Waals surface area contributed by atoms with Crippen molar-refractivity contribution in [3.63, 3.8) is 0 Å². The number of nitrogens with zero attached hydrogens (tertiary/aromatic N) is 2. The van der Waals surface area contributed by atoms with Crippen LogP contribution in [0.15, 0.2) is 18.2 Å². The van der Waals surface area contributed by atoms with Gasteiger partial charge in [0, 0.05) is 19.2 Å². The van der Waals surface area contributed by atoms with Crippen LogP contribution in [0.4, 0.5) is 0 Å². The first-order chi connectivity index (χ1) is 8.78. The van der Waals surface area contributed by atoms with Crippen molar-refractivity contribution < 1.29 is 4.74 Å². The summed E-state index contributed by atoms with van der Waals surface area (Å²) in [5.74, 6) is 1.47. The molecule has 1 aromatic heterocycles. The summed E-state index contributed by atoms with van der Waals surface area (Å²) in [7, 11) is 3.82. The van der Waals surface area contributed by atoms with Crippen molar-refractivity contribution in [2.24, 2.45) is 5.92 Å². The highest BCUT2D eigenvalue weighted by molar-refractivity contribution is 5.15. The second kappa shape index (κ2) is 6.71. The van der Waals surface area contributed by atoms with Crippen LogP contribution in [0.5, 0.6) is 5.88 Å². The number of pyridine rings is 1. The van der Waals surface area contributed by atoms with Crippen molar-refractivity contribution in [1.82, 2.24) is 15.2 Å². The monoisotopic (exact) mass is 249 g/mol. The Hall–Kier alpha value is -1.13. The number of aromatic nitrogens is 1. The van der Waals surface area contributed by atoms with Crippen LogP contribution >= 0.6 is 0 Å². The van der Waals surface area contributed by atoms with Crippen molar-refractivity contribution in [2.45, 2.75) is 19.4 Å². The highest BCUT2D eigenvalue weighted by Crippen LogP contribution is 2.13. The molecule has 0 aromatic carbocycles. The Kier molecular flexibility index (Phi) is 4.96. The zero-order valence-corrected chi connectivity index (χ0v) is 11.4. The van der Waals surface area contributed by atoms with E-state index in [1.807, 2.05) is 12.1 Å². The van der Waals surface area contributed by atoms with Gasteiger partial charge in [-0.15, -0.1) is 0 Å². The van der Waals surface area contributed by atoms with Gasteiger partial charge in [0.2, 0.25) is 5.88 Å². The summed E-state index contributed by atoms with van der Waals surface area (Å²) in [6, 6.07) is 5.93. The lowest BCUT2D eigenvalue weighted by Crippen LogP contribution is -2.36. The average Bonchev–Trinajstić information content (AvgIpc) is 2.40. The molecule has 4 heteroatoms. The first-order valence-corrected chi connectivity index (χ1v) is 6.67. The van der Waals surface area contributed by atoms with E-state index in [9.17, 15) is 0 Å². The van der Waals surface area contributed by atoms with Crippen LogP contribution < -0.4 is 10.1 Å². The average molecular weight is 249 g/mol. The van der Waals surface area contributed by atoms with Gasteiger partial charge < -0.3 is 15.0 Å². The fourth-order valence-corrected chi connectivity index (χ4v) is 2.52. The first-order valence-electron chi connectivity index (χ1n) is 6.67. The Morgan fingerprint density at radius 2 is 2.39 bits per heavy atom. The van der Waals surface area contributed by atoms with Gasteiger partial charge in [-0.1, -0.05) is 6.07 Å². The normalized spacial score (nSPS) is 20.1. The van der Waals surface area contributed by atoms with Gasteiger partial charge in [0.05, 0.1) is 12.8 Å². The van der Waals surface area contributed by atoms with Gasteiger partial charge in [-0.2, -0.15) is 0 Å². The van der Waals surface area contributed by atoms with Crippen molar-refractivity contribution in [1.29, 1.82) is 0 Å². The molecule has 0 radical (unpaired) electrons. The summed E-state index contributed by atoms with van der Waals surface area (Å²) >= 11 is 0. The lowest BCUT2D eigenvalue weighted by atomic mass is 9.99. The molecule has 1 aliphatic rings. The van der Waals surface area contributed by atoms with E-state index < -0.39 is 0 Å². The molecule has 1 aromatic rings. The lowest BCUT2D eigenvalue weighted by molar-refractivity contribution is 0.235. The van der Waals surface area contributed by atoms with E-state index in [1.165, 1.54) is 19.4 Å². The van der Waals surface area contributed by atoms with Crippen LogP contribution in [-0.2, 0) is 6.54 Å². The third-order valence-electron chi connectivity index (χ3n) is 3.39. The summed E-state index contributed by atoms with van der Waals surface area (Å²) in [6.07, 6.45) is 2.64. The van der Waals surface area contributed by atoms with Crippen molar-refractivity contribution in [3.8, 4) is 5.88 Å². The first kappa shape index (κ1) is 13.3. The largest absolute Gasteiger partial charge is 0.481 e. The Balaban J connectivity index is 1.83. The Labute approximate surface area is 109 Å². The molecule has 2 heterocycles. The van der Waals surface area contributed by atoms with E-state index in [-0.39, 0.29) is 0 Å². The van der Waals surface area contributed by atoms with Crippen LogP contribution in [0, 0.1) is 5.92 Å². The number of rotatable bonds is 5. The van der Waals surface area contributed by atoms with Gasteiger partial charge >= 0.3 is 0 Å². The molecule has 1 N–H and O–H groups in total. The molecule has 0 bridgehead atoms. The molecule has 0 spiro atoms. The molecule has 1 saturated heterocycles. The summed E-state index contributed by atoms with van der Waals surface area (Å²) < 4.78 is 5.15. The summed E-state index contributed by atoms with van der Waals surface area (Å²) in [6.45, 7) is 4.34. The van der Waals surface area contributed by atoms with Gasteiger partial charge in [-0.25, -0.2) is 4.98 Å². The number of hydrogen-bond donors (Lipinski definition) is 1. The van der Waals surface area contributed by atoms with E-state index >= 15 is 0 Å². The molecule has 2 rings (SSSR count). The Bertz CT molecular complexity index is 364. The number of piperidine rings is 1. The second-order valence-electron chi connectivity index (χ2n) is 5.08. The molecule has 1 aliphatic heterocycles. The third kappa shape index (κ3) is 3.96. The maximum atomic E-state index is 5.15. The predicted molar refractivity (Wildman–Crippen MR) is 72.7 cm³/mol. The van der Waals surface area contributed by atoms with E-state index in [0.717, 1.165) is 31.2 Å². The van der Waals surface area contributed by atoms with Crippen molar-refractivity contribution in [3.05, 3.63) is 23.9 Å². The number of hydrogen-bond acceptors (Lipinski definition) is 4.